The molecule has 80 valence electrons. The first-order valence-corrected chi connectivity index (χ1v) is 4.91. The number of hydrogen-bond donors (Lipinski definition) is 1. The van der Waals surface area contributed by atoms with Crippen molar-refractivity contribution >= 4 is 11.4 Å². The number of hydrogen-bond acceptors (Lipinski definition) is 3. The lowest BCUT2D eigenvalue weighted by molar-refractivity contribution is 0.567. The molecule has 2 aromatic rings. The number of nitrogens with two attached hydrogens (primary N) is 1. The third-order valence-electron chi connectivity index (χ3n) is 2.66. The number of furan rings is 1. The van der Waals surface area contributed by atoms with E-state index in [0.29, 0.717) is 17.8 Å². The van der Waals surface area contributed by atoms with E-state index in [9.17, 15) is 4.39 Å². The zero-order chi connectivity index (χ0) is 11.1. The van der Waals surface area contributed by atoms with Crippen LogP contribution in [0.3, 0.4) is 0 Å². The largest absolute Gasteiger partial charge is 0.472 e. The molecule has 16 heavy (non-hydrogen) atoms. The molecule has 0 unspecified atom stereocenters. The molecule has 4 heteroatoms. The highest BCUT2D eigenvalue weighted by molar-refractivity contribution is 6.15. The van der Waals surface area contributed by atoms with Gasteiger partial charge in [-0.3, -0.25) is 4.99 Å². The van der Waals surface area contributed by atoms with Crippen molar-refractivity contribution < 1.29 is 8.81 Å². The van der Waals surface area contributed by atoms with Gasteiger partial charge in [0.05, 0.1) is 24.8 Å². The van der Waals surface area contributed by atoms with Crippen LogP contribution in [0.2, 0.25) is 0 Å². The standard InChI is InChI=1S/C12H9FN2O/c13-11-4-8(14)3-9-10(11)5-15-12(9)7-1-2-16-6-7/h1-4,6H,5,14H2. The van der Waals surface area contributed by atoms with E-state index in [4.69, 9.17) is 10.2 Å². The van der Waals surface area contributed by atoms with E-state index >= 15 is 0 Å². The first-order valence-electron chi connectivity index (χ1n) is 4.91. The minimum absolute atomic E-state index is 0.294. The molecule has 2 N–H and O–H groups in total. The van der Waals surface area contributed by atoms with Crippen LogP contribution in [0.15, 0.2) is 40.1 Å². The minimum Gasteiger partial charge on any atom is -0.472 e. The van der Waals surface area contributed by atoms with Crippen molar-refractivity contribution in [2.75, 3.05) is 5.73 Å². The van der Waals surface area contributed by atoms with Gasteiger partial charge in [0.1, 0.15) is 5.82 Å². The van der Waals surface area contributed by atoms with Crippen molar-refractivity contribution in [1.82, 2.24) is 0 Å². The fourth-order valence-electron chi connectivity index (χ4n) is 1.92. The third kappa shape index (κ3) is 1.23. The molecular formula is C12H9FN2O. The van der Waals surface area contributed by atoms with Crippen molar-refractivity contribution in [1.29, 1.82) is 0 Å². The molecule has 0 spiro atoms. The number of nitrogens with zero attached hydrogens (tertiary/aromatic N) is 1. The van der Waals surface area contributed by atoms with E-state index in [1.165, 1.54) is 6.07 Å². The summed E-state index contributed by atoms with van der Waals surface area (Å²) in [6.45, 7) is 0.363. The number of nitrogen functional groups attached to an aromatic ring is 1. The van der Waals surface area contributed by atoms with Gasteiger partial charge in [-0.05, 0) is 18.2 Å². The zero-order valence-corrected chi connectivity index (χ0v) is 8.40. The van der Waals surface area contributed by atoms with Crippen LogP contribution in [-0.4, -0.2) is 5.71 Å². The summed E-state index contributed by atoms with van der Waals surface area (Å²) in [4.78, 5) is 4.31. The summed E-state index contributed by atoms with van der Waals surface area (Å²) < 4.78 is 18.6. The van der Waals surface area contributed by atoms with E-state index in [2.05, 4.69) is 4.99 Å². The molecule has 0 bridgehead atoms. The molecule has 0 radical (unpaired) electrons. The van der Waals surface area contributed by atoms with E-state index in [1.54, 1.807) is 24.7 Å². The van der Waals surface area contributed by atoms with Crippen molar-refractivity contribution in [3.8, 4) is 0 Å². The Labute approximate surface area is 91.4 Å². The van der Waals surface area contributed by atoms with Crippen LogP contribution in [0.4, 0.5) is 10.1 Å². The molecule has 1 aliphatic heterocycles. The normalized spacial score (nSPS) is 13.7. The lowest BCUT2D eigenvalue weighted by atomic mass is 10.0. The van der Waals surface area contributed by atoms with Crippen molar-refractivity contribution in [3.63, 3.8) is 0 Å². The number of rotatable bonds is 1. The van der Waals surface area contributed by atoms with E-state index in [-0.39, 0.29) is 5.82 Å². The maximum atomic E-state index is 13.6. The van der Waals surface area contributed by atoms with E-state index < -0.39 is 0 Å². The van der Waals surface area contributed by atoms with E-state index in [1.807, 2.05) is 0 Å². The van der Waals surface area contributed by atoms with Gasteiger partial charge in [0, 0.05) is 22.4 Å². The number of benzene rings is 1. The lowest BCUT2D eigenvalue weighted by Crippen LogP contribution is -2.02. The molecule has 0 amide bonds. The van der Waals surface area contributed by atoms with Gasteiger partial charge in [0.25, 0.3) is 0 Å². The maximum absolute atomic E-state index is 13.6. The quantitative estimate of drug-likeness (QED) is 0.744. The molecular weight excluding hydrogens is 207 g/mol. The number of anilines is 1. The fourth-order valence-corrected chi connectivity index (χ4v) is 1.92. The van der Waals surface area contributed by atoms with Crippen molar-refractivity contribution in [3.05, 3.63) is 53.2 Å². The number of aliphatic imine (C=N–C) groups is 1. The molecule has 3 rings (SSSR count). The molecule has 1 aromatic carbocycles. The van der Waals surface area contributed by atoms with Gasteiger partial charge in [-0.1, -0.05) is 0 Å². The Bertz CT molecular complexity index is 573. The molecule has 1 aromatic heterocycles. The molecule has 0 saturated carbocycles. The average Bonchev–Trinajstić information content (AvgIpc) is 2.83. The van der Waals surface area contributed by atoms with Gasteiger partial charge in [-0.25, -0.2) is 4.39 Å². The summed E-state index contributed by atoms with van der Waals surface area (Å²) in [6.07, 6.45) is 3.16. The predicted octanol–water partition coefficient (Wildman–Crippen LogP) is 2.35. The van der Waals surface area contributed by atoms with Crippen LogP contribution < -0.4 is 5.73 Å². The summed E-state index contributed by atoms with van der Waals surface area (Å²) in [7, 11) is 0. The van der Waals surface area contributed by atoms with Gasteiger partial charge < -0.3 is 10.2 Å². The van der Waals surface area contributed by atoms with Gasteiger partial charge in [0.2, 0.25) is 0 Å². The predicted molar refractivity (Wildman–Crippen MR) is 58.9 cm³/mol. The Kier molecular flexibility index (Phi) is 1.83. The topological polar surface area (TPSA) is 51.5 Å². The van der Waals surface area contributed by atoms with Crippen LogP contribution >= 0.6 is 0 Å². The summed E-state index contributed by atoms with van der Waals surface area (Å²) in [6, 6.07) is 4.87. The summed E-state index contributed by atoms with van der Waals surface area (Å²) in [5, 5.41) is 0. The molecule has 0 atom stereocenters. The molecule has 2 heterocycles. The van der Waals surface area contributed by atoms with Crippen LogP contribution in [0.1, 0.15) is 16.7 Å². The molecule has 0 fully saturated rings. The minimum atomic E-state index is -0.294. The Hall–Kier alpha value is -2.10. The van der Waals surface area contributed by atoms with Crippen molar-refractivity contribution in [2.24, 2.45) is 4.99 Å². The molecule has 0 aliphatic carbocycles. The Morgan fingerprint density at radius 3 is 3.00 bits per heavy atom. The van der Waals surface area contributed by atoms with E-state index in [0.717, 1.165) is 16.8 Å². The van der Waals surface area contributed by atoms with Crippen LogP contribution in [0, 0.1) is 5.82 Å². The summed E-state index contributed by atoms with van der Waals surface area (Å²) in [5.41, 5.74) is 9.00. The Morgan fingerprint density at radius 1 is 1.38 bits per heavy atom. The first-order chi connectivity index (χ1) is 7.75. The number of halogens is 1. The molecule has 1 aliphatic rings. The van der Waals surface area contributed by atoms with Gasteiger partial charge in [-0.2, -0.15) is 0 Å². The highest BCUT2D eigenvalue weighted by Gasteiger charge is 2.21. The monoisotopic (exact) mass is 216 g/mol. The molecule has 3 nitrogen and oxygen atoms in total. The second-order valence-electron chi connectivity index (χ2n) is 3.71. The van der Waals surface area contributed by atoms with Crippen LogP contribution in [0.5, 0.6) is 0 Å². The Morgan fingerprint density at radius 2 is 2.25 bits per heavy atom. The average molecular weight is 216 g/mol. The van der Waals surface area contributed by atoms with Crippen molar-refractivity contribution in [2.45, 2.75) is 6.54 Å². The van der Waals surface area contributed by atoms with Crippen LogP contribution in [-0.2, 0) is 6.54 Å². The number of fused-ring (bicyclic) bond motifs is 1. The van der Waals surface area contributed by atoms with Crippen LogP contribution in [0.25, 0.3) is 0 Å². The summed E-state index contributed by atoms with van der Waals surface area (Å²) >= 11 is 0. The smallest absolute Gasteiger partial charge is 0.131 e. The highest BCUT2D eigenvalue weighted by atomic mass is 19.1. The van der Waals surface area contributed by atoms with Gasteiger partial charge >= 0.3 is 0 Å². The van der Waals surface area contributed by atoms with Gasteiger partial charge in [0.15, 0.2) is 0 Å². The first kappa shape index (κ1) is 9.15. The lowest BCUT2D eigenvalue weighted by Gasteiger charge is -2.04. The molecule has 0 saturated heterocycles. The second-order valence-corrected chi connectivity index (χ2v) is 3.71. The fraction of sp³-hybridized carbons (Fsp3) is 0.0833. The maximum Gasteiger partial charge on any atom is 0.131 e. The third-order valence-corrected chi connectivity index (χ3v) is 2.66. The summed E-state index contributed by atoms with van der Waals surface area (Å²) in [5.74, 6) is -0.294. The highest BCUT2D eigenvalue weighted by Crippen LogP contribution is 2.27. The Balaban J connectivity index is 2.17. The SMILES string of the molecule is Nc1cc(F)c2c(c1)C(c1ccoc1)=NC2. The van der Waals surface area contributed by atoms with Gasteiger partial charge in [-0.15, -0.1) is 0 Å². The second kappa shape index (κ2) is 3.20. The zero-order valence-electron chi connectivity index (χ0n) is 8.40.